The monoisotopic (exact) mass is 372 g/mol. The lowest BCUT2D eigenvalue weighted by Crippen LogP contribution is -2.38. The molecule has 0 fully saturated rings. The first-order chi connectivity index (χ1) is 13.1. The molecule has 7 nitrogen and oxygen atoms in total. The van der Waals surface area contributed by atoms with Crippen molar-refractivity contribution < 1.29 is 23.7 Å². The molecule has 2 amide bonds. The fourth-order valence-electron chi connectivity index (χ4n) is 2.87. The van der Waals surface area contributed by atoms with E-state index in [1.165, 1.54) is 0 Å². The van der Waals surface area contributed by atoms with Gasteiger partial charge in [0, 0.05) is 6.54 Å². The molecule has 1 heterocycles. The van der Waals surface area contributed by atoms with Gasteiger partial charge < -0.3 is 29.6 Å². The maximum Gasteiger partial charge on any atom is 0.315 e. The van der Waals surface area contributed by atoms with E-state index in [-0.39, 0.29) is 18.9 Å². The summed E-state index contributed by atoms with van der Waals surface area (Å²) in [5.74, 6) is 2.79. The number of nitrogens with one attached hydrogen (secondary N) is 2. The molecule has 3 rings (SSSR count). The van der Waals surface area contributed by atoms with Gasteiger partial charge in [0.15, 0.2) is 23.0 Å². The summed E-state index contributed by atoms with van der Waals surface area (Å²) in [7, 11) is 3.20. The molecule has 27 heavy (non-hydrogen) atoms. The number of methoxy groups -OCH3 is 2. The molecular weight excluding hydrogens is 348 g/mol. The van der Waals surface area contributed by atoms with Gasteiger partial charge in [-0.15, -0.1) is 0 Å². The van der Waals surface area contributed by atoms with E-state index in [0.717, 1.165) is 16.9 Å². The van der Waals surface area contributed by atoms with Crippen LogP contribution < -0.4 is 29.6 Å². The fraction of sp³-hybridized carbons (Fsp3) is 0.350. The van der Waals surface area contributed by atoms with E-state index in [9.17, 15) is 4.79 Å². The van der Waals surface area contributed by atoms with Crippen molar-refractivity contribution in [3.63, 3.8) is 0 Å². The van der Waals surface area contributed by atoms with Crippen LogP contribution in [0.4, 0.5) is 4.79 Å². The average Bonchev–Trinajstić information content (AvgIpc) is 3.15. The summed E-state index contributed by atoms with van der Waals surface area (Å²) in [5, 5.41) is 5.80. The molecule has 2 N–H and O–H groups in total. The molecule has 2 aromatic carbocycles. The van der Waals surface area contributed by atoms with Gasteiger partial charge in [-0.2, -0.15) is 0 Å². The van der Waals surface area contributed by atoms with Crippen molar-refractivity contribution in [1.82, 2.24) is 10.6 Å². The number of benzene rings is 2. The zero-order chi connectivity index (χ0) is 19.2. The second-order valence-electron chi connectivity index (χ2n) is 6.17. The number of ether oxygens (including phenoxy) is 4. The molecule has 2 aromatic rings. The molecule has 0 saturated carbocycles. The normalized spacial score (nSPS) is 13.0. The summed E-state index contributed by atoms with van der Waals surface area (Å²) in [6.45, 7) is 2.66. The van der Waals surface area contributed by atoms with E-state index >= 15 is 0 Å². The SMILES string of the molecule is COc1ccc(CCNC(=O)NC(C)c2ccc3c(c2)OCO3)cc1OC. The van der Waals surface area contributed by atoms with Gasteiger partial charge >= 0.3 is 6.03 Å². The maximum absolute atomic E-state index is 12.2. The Balaban J connectivity index is 1.48. The molecule has 7 heteroatoms. The molecular formula is C20H24N2O5. The predicted octanol–water partition coefficient (Wildman–Crippen LogP) is 3.04. The second kappa shape index (κ2) is 8.53. The Labute approximate surface area is 158 Å². The first-order valence-electron chi connectivity index (χ1n) is 8.75. The quantitative estimate of drug-likeness (QED) is 0.781. The zero-order valence-corrected chi connectivity index (χ0v) is 15.7. The van der Waals surface area contributed by atoms with Crippen molar-refractivity contribution >= 4 is 6.03 Å². The summed E-state index contributed by atoms with van der Waals surface area (Å²) >= 11 is 0. The van der Waals surface area contributed by atoms with Gasteiger partial charge in [-0.3, -0.25) is 0 Å². The summed E-state index contributed by atoms with van der Waals surface area (Å²) in [5.41, 5.74) is 2.01. The Hall–Kier alpha value is -3.09. The number of fused-ring (bicyclic) bond motifs is 1. The number of urea groups is 1. The number of hydrogen-bond donors (Lipinski definition) is 2. The van der Waals surface area contributed by atoms with E-state index in [1.807, 2.05) is 43.3 Å². The summed E-state index contributed by atoms with van der Waals surface area (Å²) in [4.78, 5) is 12.2. The Morgan fingerprint density at radius 1 is 1.07 bits per heavy atom. The number of rotatable bonds is 7. The van der Waals surface area contributed by atoms with E-state index < -0.39 is 0 Å². The molecule has 0 bridgehead atoms. The standard InChI is InChI=1S/C20H24N2O5/c1-13(15-5-7-17-19(11-15)27-12-26-17)22-20(23)21-9-8-14-4-6-16(24-2)18(10-14)25-3/h4-7,10-11,13H,8-9,12H2,1-3H3,(H2,21,22,23). The van der Waals surface area contributed by atoms with Crippen molar-refractivity contribution in [3.8, 4) is 23.0 Å². The summed E-state index contributed by atoms with van der Waals surface area (Å²) in [6.07, 6.45) is 0.687. The molecule has 0 aliphatic carbocycles. The van der Waals surface area contributed by atoms with Crippen LogP contribution in [0.15, 0.2) is 36.4 Å². The third-order valence-corrected chi connectivity index (χ3v) is 4.39. The van der Waals surface area contributed by atoms with Gasteiger partial charge in [0.1, 0.15) is 0 Å². The highest BCUT2D eigenvalue weighted by molar-refractivity contribution is 5.74. The topological polar surface area (TPSA) is 78.1 Å². The van der Waals surface area contributed by atoms with Gasteiger partial charge in [-0.25, -0.2) is 4.79 Å². The van der Waals surface area contributed by atoms with Gasteiger partial charge in [-0.05, 0) is 48.7 Å². The van der Waals surface area contributed by atoms with Crippen LogP contribution in [-0.2, 0) is 6.42 Å². The highest BCUT2D eigenvalue weighted by Gasteiger charge is 2.16. The summed E-state index contributed by atoms with van der Waals surface area (Å²) < 4.78 is 21.2. The van der Waals surface area contributed by atoms with Crippen LogP contribution in [0, 0.1) is 0 Å². The molecule has 1 aliphatic heterocycles. The molecule has 1 unspecified atom stereocenters. The van der Waals surface area contributed by atoms with Crippen molar-refractivity contribution in [3.05, 3.63) is 47.5 Å². The lowest BCUT2D eigenvalue weighted by atomic mass is 10.1. The minimum atomic E-state index is -0.222. The third kappa shape index (κ3) is 4.55. The molecule has 144 valence electrons. The molecule has 1 aliphatic rings. The summed E-state index contributed by atoms with van der Waals surface area (Å²) in [6, 6.07) is 11.0. The maximum atomic E-state index is 12.2. The highest BCUT2D eigenvalue weighted by atomic mass is 16.7. The smallest absolute Gasteiger partial charge is 0.315 e. The largest absolute Gasteiger partial charge is 0.493 e. The molecule has 1 atom stereocenters. The van der Waals surface area contributed by atoms with Crippen molar-refractivity contribution in [1.29, 1.82) is 0 Å². The Kier molecular flexibility index (Phi) is 5.90. The van der Waals surface area contributed by atoms with Crippen molar-refractivity contribution in [2.75, 3.05) is 27.6 Å². The predicted molar refractivity (Wildman–Crippen MR) is 101 cm³/mol. The van der Waals surface area contributed by atoms with E-state index in [0.29, 0.717) is 30.2 Å². The lowest BCUT2D eigenvalue weighted by Gasteiger charge is -2.16. The number of hydrogen-bond acceptors (Lipinski definition) is 5. The van der Waals surface area contributed by atoms with Crippen LogP contribution in [0.5, 0.6) is 23.0 Å². The second-order valence-corrected chi connectivity index (χ2v) is 6.17. The van der Waals surface area contributed by atoms with Crippen LogP contribution in [0.25, 0.3) is 0 Å². The Bertz CT molecular complexity index is 809. The molecule has 0 spiro atoms. The molecule has 0 saturated heterocycles. The Morgan fingerprint density at radius 2 is 1.85 bits per heavy atom. The van der Waals surface area contributed by atoms with Gasteiger partial charge in [-0.1, -0.05) is 12.1 Å². The number of amides is 2. The van der Waals surface area contributed by atoms with Crippen molar-refractivity contribution in [2.24, 2.45) is 0 Å². The minimum absolute atomic E-state index is 0.152. The van der Waals surface area contributed by atoms with E-state index in [4.69, 9.17) is 18.9 Å². The minimum Gasteiger partial charge on any atom is -0.493 e. The molecule has 0 radical (unpaired) electrons. The zero-order valence-electron chi connectivity index (χ0n) is 15.7. The fourth-order valence-corrected chi connectivity index (χ4v) is 2.87. The third-order valence-electron chi connectivity index (χ3n) is 4.39. The van der Waals surface area contributed by atoms with Crippen LogP contribution in [-0.4, -0.2) is 33.6 Å². The number of carbonyl (C=O) groups is 1. The van der Waals surface area contributed by atoms with Gasteiger partial charge in [0.25, 0.3) is 0 Å². The first kappa shape index (κ1) is 18.7. The van der Waals surface area contributed by atoms with E-state index in [2.05, 4.69) is 10.6 Å². The average molecular weight is 372 g/mol. The van der Waals surface area contributed by atoms with Crippen LogP contribution >= 0.6 is 0 Å². The first-order valence-corrected chi connectivity index (χ1v) is 8.75. The van der Waals surface area contributed by atoms with E-state index in [1.54, 1.807) is 14.2 Å². The van der Waals surface area contributed by atoms with Gasteiger partial charge in [0.2, 0.25) is 6.79 Å². The van der Waals surface area contributed by atoms with Crippen LogP contribution in [0.1, 0.15) is 24.1 Å². The van der Waals surface area contributed by atoms with Crippen molar-refractivity contribution in [2.45, 2.75) is 19.4 Å². The highest BCUT2D eigenvalue weighted by Crippen LogP contribution is 2.34. The molecule has 0 aromatic heterocycles. The van der Waals surface area contributed by atoms with Gasteiger partial charge in [0.05, 0.1) is 20.3 Å². The Morgan fingerprint density at radius 3 is 2.63 bits per heavy atom. The van der Waals surface area contributed by atoms with Crippen LogP contribution in [0.3, 0.4) is 0 Å². The van der Waals surface area contributed by atoms with Crippen LogP contribution in [0.2, 0.25) is 0 Å². The lowest BCUT2D eigenvalue weighted by molar-refractivity contribution is 0.174. The number of carbonyl (C=O) groups excluding carboxylic acids is 1.